The highest BCUT2D eigenvalue weighted by Gasteiger charge is 2.47. The van der Waals surface area contributed by atoms with Crippen LogP contribution in [0.5, 0.6) is 5.75 Å². The predicted octanol–water partition coefficient (Wildman–Crippen LogP) is 10.4. The molecule has 7 rings (SSSR count). The molecule has 12 atom stereocenters. The predicted molar refractivity (Wildman–Crippen MR) is 463 cm³/mol. The van der Waals surface area contributed by atoms with Crippen molar-refractivity contribution in [2.24, 2.45) is 35.3 Å². The number of imide groups is 1. The Morgan fingerprint density at radius 1 is 0.645 bits per heavy atom. The number of carbonyl (C=O) groups is 11. The number of nitrogens with zero attached hydrogens (tertiary/aromatic N) is 4. The lowest BCUT2D eigenvalue weighted by Gasteiger charge is -2.41. The first-order valence-corrected chi connectivity index (χ1v) is 43.2. The highest BCUT2D eigenvalue weighted by atomic mass is 32.2. The van der Waals surface area contributed by atoms with Gasteiger partial charge < -0.3 is 85.7 Å². The number of aliphatic hydroxyl groups excluding tert-OH is 1. The van der Waals surface area contributed by atoms with Crippen LogP contribution in [-0.2, 0) is 84.4 Å². The monoisotopic (exact) mass is 1770 g/mol. The Bertz CT molecular complexity index is 4330. The molecule has 9 N–H and O–H groups in total. The summed E-state index contributed by atoms with van der Waals surface area (Å²) in [6.07, 6.45) is -6.34. The molecule has 30 nitrogen and oxygen atoms in total. The van der Waals surface area contributed by atoms with Crippen LogP contribution in [-0.4, -0.2) is 227 Å². The minimum Gasteiger partial charge on any atom is -0.491 e. The first-order valence-electron chi connectivity index (χ1n) is 41.6. The van der Waals surface area contributed by atoms with E-state index in [0.29, 0.717) is 57.3 Å². The summed E-state index contributed by atoms with van der Waals surface area (Å²) in [4.78, 5) is 158. The third kappa shape index (κ3) is 29.2. The van der Waals surface area contributed by atoms with E-state index in [1.165, 1.54) is 32.2 Å². The van der Waals surface area contributed by atoms with Gasteiger partial charge in [0.2, 0.25) is 41.4 Å². The zero-order valence-electron chi connectivity index (χ0n) is 72.8. The van der Waals surface area contributed by atoms with Crippen LogP contribution < -0.4 is 47.3 Å². The zero-order chi connectivity index (χ0) is 91.1. The first kappa shape index (κ1) is 101. The lowest BCUT2D eigenvalue weighted by atomic mass is 9.89. The van der Waals surface area contributed by atoms with Crippen molar-refractivity contribution in [1.29, 1.82) is 0 Å². The van der Waals surface area contributed by atoms with E-state index in [-0.39, 0.29) is 105 Å². The highest BCUT2D eigenvalue weighted by Crippen LogP contribution is 2.47. The third-order valence-corrected chi connectivity index (χ3v) is 23.8. The van der Waals surface area contributed by atoms with Gasteiger partial charge in [-0.3, -0.25) is 48.1 Å². The summed E-state index contributed by atoms with van der Waals surface area (Å²) in [5.41, 5.74) is 4.81. The van der Waals surface area contributed by atoms with E-state index in [2.05, 4.69) is 31.9 Å². The smallest absolute Gasteiger partial charge is 0.418 e. The number of amides is 12. The van der Waals surface area contributed by atoms with Gasteiger partial charge in [0.05, 0.1) is 103 Å². The molecule has 0 aromatic heterocycles. The first-order chi connectivity index (χ1) is 59.0. The molecule has 1 unspecified atom stereocenters. The number of hydrogen-bond donors (Lipinski definition) is 8. The van der Waals surface area contributed by atoms with E-state index in [1.54, 1.807) is 164 Å². The number of urea groups is 1. The summed E-state index contributed by atoms with van der Waals surface area (Å²) in [5, 5.41) is 27.5. The van der Waals surface area contributed by atoms with Crippen LogP contribution in [0.15, 0.2) is 153 Å². The van der Waals surface area contributed by atoms with Gasteiger partial charge in [0, 0.05) is 56.9 Å². The molecule has 5 aromatic carbocycles. The van der Waals surface area contributed by atoms with Gasteiger partial charge in [-0.25, -0.2) is 14.5 Å². The quantitative estimate of drug-likeness (QED) is 0.0132. The molecule has 35 heteroatoms. The molecule has 0 aliphatic carbocycles. The molecule has 0 bridgehead atoms. The summed E-state index contributed by atoms with van der Waals surface area (Å²) in [6.45, 7) is 17.4. The number of likely N-dealkylation sites (N-methyl/N-ethyl adjacent to an activating group) is 2. The number of methoxy groups -OCH3 is 2. The minimum atomic E-state index is -4.99. The van der Waals surface area contributed by atoms with E-state index in [0.717, 1.165) is 40.6 Å². The molecule has 0 radical (unpaired) electrons. The van der Waals surface area contributed by atoms with E-state index in [9.17, 15) is 71.0 Å². The number of hydrogen-bond acceptors (Lipinski definition) is 21. The maximum absolute atomic E-state index is 14.9. The molecule has 2 heterocycles. The number of thioether (sulfide) groups is 2. The fourth-order valence-electron chi connectivity index (χ4n) is 14.6. The van der Waals surface area contributed by atoms with Gasteiger partial charge in [-0.2, -0.15) is 13.2 Å². The SMILES string of the molecule is CCC(C)[C@@H]([C@@H](CC(=O)N1CCC[C@H]1[C@H](OC)[C@@H](C)C(=O)N[C@H](C)[C@@H](O)c1ccccc1)OC)N(C)C(=O)[C@@H](NC(=O)[C@H](C(C)C)N(C)C(=O)OCc1ccc(NC(=O)[C@H](CCCNC(N)=O)NC(=O)[C@@H](NC(=O)COCCOCCOCCOc2ccc(N3C(=O)C(Sc4ccccc4)=C(Sc4ccccc4)C3=O)c(C(F)(F)F)c2)C(C)C)cc1)C(C)C. The molecule has 0 saturated carbocycles. The van der Waals surface area contributed by atoms with Crippen molar-refractivity contribution in [3.8, 4) is 5.75 Å². The molecule has 1 fully saturated rings. The Balaban J connectivity index is 0.847. The lowest BCUT2D eigenvalue weighted by Crippen LogP contribution is -2.60. The number of halogens is 3. The van der Waals surface area contributed by atoms with Crippen LogP contribution in [0, 0.1) is 29.6 Å². The number of nitrogens with two attached hydrogens (primary N) is 1. The van der Waals surface area contributed by atoms with Gasteiger partial charge in [0.25, 0.3) is 11.8 Å². The average molecular weight is 1770 g/mol. The van der Waals surface area contributed by atoms with Crippen LogP contribution in [0.1, 0.15) is 131 Å². The standard InChI is InChI=1S/C89H120F3N11O19S2/c1-15-56(8)75(69(116-13)50-71(105)102-42-26-34-68(102)77(117-14)57(9)80(107)95-58(10)76(106)60-27-19-16-20-28-60)100(11)84(111)73(54(4)5)99-83(110)74(55(6)7)101(12)88(115)122-51-59-35-37-61(38-36-59)96-81(108)66(33-25-41-94-87(93)114)97-82(109)72(53(2)3)98-70(104)52-120-46-45-118-43-44-119-47-48-121-62-39-40-67(65(49-62)89(90,91)92)103-85(112)78(123-63-29-21-17-22-30-63)79(86(103)113)124-64-31-23-18-24-32-64/h16-24,27-32,35-40,49,53-58,66,68-69,72-77,106H,15,25-26,33-34,41-48,50-52H2,1-14H3,(H,95,107)(H,96,108)(H,97,109)(H,98,104)(H,99,110)(H3,93,94,114)/t56?,57-,58-,66+,68+,69-,72+,73+,74+,75+,76-,77-/m1/s1. The van der Waals surface area contributed by atoms with Crippen LogP contribution in [0.25, 0.3) is 0 Å². The number of aliphatic hydroxyl groups is 1. The van der Waals surface area contributed by atoms with Gasteiger partial charge in [0.15, 0.2) is 0 Å². The second-order valence-electron chi connectivity index (χ2n) is 31.5. The molecule has 2 aliphatic rings. The largest absolute Gasteiger partial charge is 0.491 e. The van der Waals surface area contributed by atoms with Crippen LogP contribution in [0.4, 0.5) is 34.1 Å². The van der Waals surface area contributed by atoms with Crippen LogP contribution in [0.2, 0.25) is 0 Å². The fraction of sp³-hybridized carbons (Fsp3) is 0.517. The van der Waals surface area contributed by atoms with E-state index >= 15 is 0 Å². The number of primary amides is 1. The Labute approximate surface area is 731 Å². The van der Waals surface area contributed by atoms with Crippen molar-refractivity contribution in [3.05, 3.63) is 160 Å². The summed E-state index contributed by atoms with van der Waals surface area (Å²) >= 11 is 1.98. The zero-order valence-corrected chi connectivity index (χ0v) is 74.4. The fourth-order valence-corrected chi connectivity index (χ4v) is 16.6. The highest BCUT2D eigenvalue weighted by molar-refractivity contribution is 8.08. The van der Waals surface area contributed by atoms with E-state index < -0.39 is 162 Å². The number of carbonyl (C=O) groups excluding carboxylic acids is 11. The van der Waals surface area contributed by atoms with Crippen LogP contribution in [0.3, 0.4) is 0 Å². The topological polar surface area (TPSA) is 384 Å². The van der Waals surface area contributed by atoms with Gasteiger partial charge in [-0.1, -0.05) is 171 Å². The number of rotatable bonds is 49. The van der Waals surface area contributed by atoms with Crippen molar-refractivity contribution in [1.82, 2.24) is 41.3 Å². The molecule has 0 spiro atoms. The van der Waals surface area contributed by atoms with E-state index in [1.807, 2.05) is 32.0 Å². The molecule has 2 aliphatic heterocycles. The van der Waals surface area contributed by atoms with Crippen molar-refractivity contribution in [2.45, 2.75) is 191 Å². The molecular formula is C89H120F3N11O19S2. The second-order valence-corrected chi connectivity index (χ2v) is 33.7. The molecule has 1 saturated heterocycles. The Morgan fingerprint density at radius 2 is 1.22 bits per heavy atom. The molecule has 12 amide bonds. The number of nitrogens with one attached hydrogen (secondary N) is 6. The Hall–Kier alpha value is -10.1. The second kappa shape index (κ2) is 49.5. The average Bonchev–Trinajstić information content (AvgIpc) is 1.60. The minimum absolute atomic E-state index is 0.0151. The van der Waals surface area contributed by atoms with Gasteiger partial charge in [-0.15, -0.1) is 0 Å². The van der Waals surface area contributed by atoms with Crippen molar-refractivity contribution in [2.75, 3.05) is 97.9 Å². The summed E-state index contributed by atoms with van der Waals surface area (Å²) in [7, 11) is 6.03. The number of benzene rings is 5. The number of alkyl halides is 3. The maximum atomic E-state index is 14.9. The van der Waals surface area contributed by atoms with Crippen molar-refractivity contribution < 1.29 is 104 Å². The maximum Gasteiger partial charge on any atom is 0.418 e. The summed E-state index contributed by atoms with van der Waals surface area (Å²) < 4.78 is 84.2. The van der Waals surface area contributed by atoms with Gasteiger partial charge in [-0.05, 0) is 122 Å². The third-order valence-electron chi connectivity index (χ3n) is 21.4. The van der Waals surface area contributed by atoms with Gasteiger partial charge in [0.1, 0.15) is 49.7 Å². The molecule has 124 heavy (non-hydrogen) atoms. The molecule has 5 aromatic rings. The van der Waals surface area contributed by atoms with Crippen LogP contribution >= 0.6 is 23.5 Å². The summed E-state index contributed by atoms with van der Waals surface area (Å²) in [5.74, 6) is -7.95. The lowest BCUT2D eigenvalue weighted by molar-refractivity contribution is -0.148. The normalized spacial score (nSPS) is 16.3. The molecule has 678 valence electrons. The Kier molecular flexibility index (Phi) is 40.3. The molecular weight excluding hydrogens is 1650 g/mol. The van der Waals surface area contributed by atoms with E-state index in [4.69, 9.17) is 38.9 Å². The number of anilines is 2. The van der Waals surface area contributed by atoms with Crippen molar-refractivity contribution in [3.63, 3.8) is 0 Å². The number of likely N-dealkylation sites (tertiary alicyclic amines) is 1. The van der Waals surface area contributed by atoms with Crippen molar-refractivity contribution >= 4 is 100 Å². The number of ether oxygens (including phenoxy) is 7. The van der Waals surface area contributed by atoms with Gasteiger partial charge >= 0.3 is 18.3 Å². The summed E-state index contributed by atoms with van der Waals surface area (Å²) in [6, 6.07) is 28.6. The Morgan fingerprint density at radius 3 is 1.76 bits per heavy atom.